The lowest BCUT2D eigenvalue weighted by Gasteiger charge is -2.32. The molecule has 3 nitrogen and oxygen atoms in total. The molecule has 3 heteroatoms. The smallest absolute Gasteiger partial charge is 0.129 e. The summed E-state index contributed by atoms with van der Waals surface area (Å²) in [5, 5.41) is 3.34. The van der Waals surface area contributed by atoms with Gasteiger partial charge in [-0.3, -0.25) is 0 Å². The molecule has 1 N–H and O–H groups in total. The van der Waals surface area contributed by atoms with Gasteiger partial charge < -0.3 is 10.2 Å². The van der Waals surface area contributed by atoms with Crippen LogP contribution in [0.4, 0.5) is 5.82 Å². The van der Waals surface area contributed by atoms with E-state index >= 15 is 0 Å². The molecule has 0 radical (unpaired) electrons. The maximum atomic E-state index is 4.42. The maximum absolute atomic E-state index is 4.42. The summed E-state index contributed by atoms with van der Waals surface area (Å²) < 4.78 is 0. The minimum absolute atomic E-state index is 0.666. The molecule has 1 aliphatic rings. The molecular weight excluding hydrogens is 198 g/mol. The molecule has 0 bridgehead atoms. The van der Waals surface area contributed by atoms with Gasteiger partial charge in [0.05, 0.1) is 0 Å². The van der Waals surface area contributed by atoms with Crippen LogP contribution in [-0.2, 0) is 0 Å². The third kappa shape index (κ3) is 2.42. The number of hydrogen-bond donors (Lipinski definition) is 1. The Hall–Kier alpha value is -1.35. The van der Waals surface area contributed by atoms with Gasteiger partial charge in [0.1, 0.15) is 5.82 Å². The van der Waals surface area contributed by atoms with Crippen LogP contribution >= 0.6 is 0 Å². The number of rotatable bonds is 3. The standard InChI is InChI=1S/C13H19N3/c1-3-11-4-7-15-13(10-11)16-8-5-12(14-2)6-9-16/h3-4,7,10,12,14H,1,5-6,8-9H2,2H3. The largest absolute Gasteiger partial charge is 0.356 e. The fourth-order valence-corrected chi connectivity index (χ4v) is 2.13. The van der Waals surface area contributed by atoms with Crippen molar-refractivity contribution in [1.29, 1.82) is 0 Å². The quantitative estimate of drug-likeness (QED) is 0.838. The van der Waals surface area contributed by atoms with Crippen molar-refractivity contribution >= 4 is 11.9 Å². The molecule has 86 valence electrons. The molecule has 2 heterocycles. The van der Waals surface area contributed by atoms with Crippen molar-refractivity contribution in [2.45, 2.75) is 18.9 Å². The molecule has 0 unspecified atom stereocenters. The molecule has 1 aromatic heterocycles. The highest BCUT2D eigenvalue weighted by molar-refractivity contribution is 5.53. The van der Waals surface area contributed by atoms with Gasteiger partial charge in [-0.05, 0) is 37.6 Å². The van der Waals surface area contributed by atoms with E-state index < -0.39 is 0 Å². The summed E-state index contributed by atoms with van der Waals surface area (Å²) in [6.07, 6.45) is 6.11. The van der Waals surface area contributed by atoms with Gasteiger partial charge in [0.25, 0.3) is 0 Å². The number of nitrogens with one attached hydrogen (secondary N) is 1. The first-order valence-electron chi connectivity index (χ1n) is 5.84. The lowest BCUT2D eigenvalue weighted by molar-refractivity contribution is 0.441. The topological polar surface area (TPSA) is 28.2 Å². The molecule has 0 aromatic carbocycles. The average Bonchev–Trinajstić information content (AvgIpc) is 2.39. The van der Waals surface area contributed by atoms with E-state index in [1.807, 2.05) is 25.4 Å². The molecule has 2 rings (SSSR count). The number of piperidine rings is 1. The number of aromatic nitrogens is 1. The highest BCUT2D eigenvalue weighted by Gasteiger charge is 2.18. The fourth-order valence-electron chi connectivity index (χ4n) is 2.13. The predicted octanol–water partition coefficient (Wildman–Crippen LogP) is 1.91. The molecule has 1 aromatic rings. The zero-order chi connectivity index (χ0) is 11.4. The van der Waals surface area contributed by atoms with Gasteiger partial charge in [-0.15, -0.1) is 0 Å². The van der Waals surface area contributed by atoms with Crippen LogP contribution in [0.15, 0.2) is 24.9 Å². The third-order valence-electron chi connectivity index (χ3n) is 3.23. The summed E-state index contributed by atoms with van der Waals surface area (Å²) in [6, 6.07) is 4.75. The zero-order valence-electron chi connectivity index (χ0n) is 9.82. The van der Waals surface area contributed by atoms with E-state index in [4.69, 9.17) is 0 Å². The fraction of sp³-hybridized carbons (Fsp3) is 0.462. The molecule has 1 saturated heterocycles. The first-order valence-corrected chi connectivity index (χ1v) is 5.84. The van der Waals surface area contributed by atoms with E-state index in [1.165, 1.54) is 12.8 Å². The maximum Gasteiger partial charge on any atom is 0.129 e. The minimum atomic E-state index is 0.666. The Balaban J connectivity index is 2.05. The van der Waals surface area contributed by atoms with E-state index in [9.17, 15) is 0 Å². The van der Waals surface area contributed by atoms with E-state index in [-0.39, 0.29) is 0 Å². The average molecular weight is 217 g/mol. The summed E-state index contributed by atoms with van der Waals surface area (Å²) in [4.78, 5) is 6.77. The van der Waals surface area contributed by atoms with Gasteiger partial charge in [-0.25, -0.2) is 4.98 Å². The molecule has 1 fully saturated rings. The normalized spacial score (nSPS) is 17.4. The van der Waals surface area contributed by atoms with Gasteiger partial charge in [0.15, 0.2) is 0 Å². The molecule has 0 atom stereocenters. The number of nitrogens with zero attached hydrogens (tertiary/aromatic N) is 2. The van der Waals surface area contributed by atoms with Gasteiger partial charge in [0, 0.05) is 25.3 Å². The summed E-state index contributed by atoms with van der Waals surface area (Å²) in [7, 11) is 2.04. The Labute approximate surface area is 97.2 Å². The van der Waals surface area contributed by atoms with Crippen molar-refractivity contribution in [3.63, 3.8) is 0 Å². The summed E-state index contributed by atoms with van der Waals surface area (Å²) in [5.41, 5.74) is 1.14. The van der Waals surface area contributed by atoms with Crippen LogP contribution in [0.3, 0.4) is 0 Å². The van der Waals surface area contributed by atoms with Crippen molar-refractivity contribution < 1.29 is 0 Å². The second-order valence-electron chi connectivity index (χ2n) is 4.20. The Morgan fingerprint density at radius 3 is 2.88 bits per heavy atom. The van der Waals surface area contributed by atoms with Crippen molar-refractivity contribution in [1.82, 2.24) is 10.3 Å². The first-order chi connectivity index (χ1) is 7.83. The minimum Gasteiger partial charge on any atom is -0.356 e. The molecule has 1 aliphatic heterocycles. The molecule has 0 saturated carbocycles. The van der Waals surface area contributed by atoms with E-state index in [1.54, 1.807) is 0 Å². The van der Waals surface area contributed by atoms with Crippen molar-refractivity contribution in [2.24, 2.45) is 0 Å². The van der Waals surface area contributed by atoms with E-state index in [0.717, 1.165) is 24.5 Å². The SMILES string of the molecule is C=Cc1ccnc(N2CCC(NC)CC2)c1. The van der Waals surface area contributed by atoms with E-state index in [2.05, 4.69) is 27.8 Å². The lowest BCUT2D eigenvalue weighted by atomic mass is 10.1. The van der Waals surface area contributed by atoms with Crippen LogP contribution in [0.1, 0.15) is 18.4 Å². The van der Waals surface area contributed by atoms with Crippen LogP contribution in [0.25, 0.3) is 6.08 Å². The lowest BCUT2D eigenvalue weighted by Crippen LogP contribution is -2.41. The number of anilines is 1. The number of pyridine rings is 1. The second-order valence-corrected chi connectivity index (χ2v) is 4.20. The van der Waals surface area contributed by atoms with Crippen molar-refractivity contribution in [3.8, 4) is 0 Å². The van der Waals surface area contributed by atoms with Crippen LogP contribution in [-0.4, -0.2) is 31.2 Å². The Morgan fingerprint density at radius 1 is 1.50 bits per heavy atom. The molecule has 16 heavy (non-hydrogen) atoms. The Morgan fingerprint density at radius 2 is 2.25 bits per heavy atom. The highest BCUT2D eigenvalue weighted by Crippen LogP contribution is 2.18. The molecule has 0 spiro atoms. The van der Waals surface area contributed by atoms with Crippen molar-refractivity contribution in [2.75, 3.05) is 25.0 Å². The summed E-state index contributed by atoms with van der Waals surface area (Å²) >= 11 is 0. The molecule has 0 amide bonds. The third-order valence-corrected chi connectivity index (χ3v) is 3.23. The van der Waals surface area contributed by atoms with Gasteiger partial charge in [-0.1, -0.05) is 12.7 Å². The highest BCUT2D eigenvalue weighted by atomic mass is 15.2. The monoisotopic (exact) mass is 217 g/mol. The second kappa shape index (κ2) is 5.12. The first kappa shape index (κ1) is 11.1. The summed E-state index contributed by atoms with van der Waals surface area (Å²) in [5.74, 6) is 1.08. The van der Waals surface area contributed by atoms with Crippen LogP contribution in [0.2, 0.25) is 0 Å². The van der Waals surface area contributed by atoms with Crippen molar-refractivity contribution in [3.05, 3.63) is 30.5 Å². The summed E-state index contributed by atoms with van der Waals surface area (Å²) in [6.45, 7) is 5.95. The van der Waals surface area contributed by atoms with Gasteiger partial charge in [-0.2, -0.15) is 0 Å². The van der Waals surface area contributed by atoms with Gasteiger partial charge >= 0.3 is 0 Å². The Bertz CT molecular complexity index is 354. The zero-order valence-corrected chi connectivity index (χ0v) is 9.82. The molecule has 0 aliphatic carbocycles. The van der Waals surface area contributed by atoms with Crippen LogP contribution in [0, 0.1) is 0 Å². The van der Waals surface area contributed by atoms with E-state index in [0.29, 0.717) is 6.04 Å². The van der Waals surface area contributed by atoms with Crippen LogP contribution < -0.4 is 10.2 Å². The number of hydrogen-bond acceptors (Lipinski definition) is 3. The molecular formula is C13H19N3. The predicted molar refractivity (Wildman–Crippen MR) is 68.6 cm³/mol. The van der Waals surface area contributed by atoms with Gasteiger partial charge in [0.2, 0.25) is 0 Å². The Kier molecular flexibility index (Phi) is 3.57. The van der Waals surface area contributed by atoms with Crippen LogP contribution in [0.5, 0.6) is 0 Å².